The minimum Gasteiger partial charge on any atom is -0.496 e. The third-order valence-corrected chi connectivity index (χ3v) is 3.57. The monoisotopic (exact) mass is 335 g/mol. The number of nitrogens with one attached hydrogen (secondary N) is 1. The largest absolute Gasteiger partial charge is 0.496 e. The number of rotatable bonds is 6. The Hall–Kier alpha value is -1.52. The molecule has 0 aliphatic rings. The zero-order valence-electron chi connectivity index (χ0n) is 11.7. The van der Waals surface area contributed by atoms with Gasteiger partial charge >= 0.3 is 0 Å². The van der Waals surface area contributed by atoms with E-state index in [0.717, 1.165) is 22.5 Å². The minimum absolute atomic E-state index is 0.641. The molecule has 0 saturated heterocycles. The highest BCUT2D eigenvalue weighted by Crippen LogP contribution is 2.27. The van der Waals surface area contributed by atoms with Crippen molar-refractivity contribution >= 4 is 21.6 Å². The first-order valence-electron chi connectivity index (χ1n) is 6.37. The molecule has 2 aromatic rings. The van der Waals surface area contributed by atoms with Crippen molar-refractivity contribution in [2.45, 2.75) is 13.2 Å². The van der Waals surface area contributed by atoms with Gasteiger partial charge in [0.1, 0.15) is 5.75 Å². The van der Waals surface area contributed by atoms with E-state index in [1.807, 2.05) is 18.2 Å². The molecular weight excluding hydrogens is 318 g/mol. The predicted molar refractivity (Wildman–Crippen MR) is 85.2 cm³/mol. The molecule has 0 radical (unpaired) electrons. The molecule has 0 spiro atoms. The fourth-order valence-electron chi connectivity index (χ4n) is 1.98. The van der Waals surface area contributed by atoms with Crippen LogP contribution in [0, 0.1) is 0 Å². The molecule has 0 amide bonds. The summed E-state index contributed by atoms with van der Waals surface area (Å²) < 4.78 is 11.3. The Balaban J connectivity index is 2.01. The van der Waals surface area contributed by atoms with Gasteiger partial charge in [0.2, 0.25) is 0 Å². The highest BCUT2D eigenvalue weighted by molar-refractivity contribution is 9.10. The SMILES string of the molecule is COCc1cccc(CNc2ccc(OC)c(Br)c2)c1. The fourth-order valence-corrected chi connectivity index (χ4v) is 2.52. The van der Waals surface area contributed by atoms with Gasteiger partial charge in [-0.1, -0.05) is 24.3 Å². The van der Waals surface area contributed by atoms with Crippen LogP contribution in [-0.2, 0) is 17.9 Å². The molecule has 1 N–H and O–H groups in total. The van der Waals surface area contributed by atoms with Crippen LogP contribution in [0.4, 0.5) is 5.69 Å². The Bertz CT molecular complexity index is 572. The zero-order valence-corrected chi connectivity index (χ0v) is 13.2. The van der Waals surface area contributed by atoms with E-state index in [4.69, 9.17) is 9.47 Å². The number of benzene rings is 2. The fraction of sp³-hybridized carbons (Fsp3) is 0.250. The van der Waals surface area contributed by atoms with Gasteiger partial charge in [-0.05, 0) is 45.3 Å². The molecule has 20 heavy (non-hydrogen) atoms. The molecular formula is C16H18BrNO2. The standard InChI is InChI=1S/C16H18BrNO2/c1-19-11-13-5-3-4-12(8-13)10-18-14-6-7-16(20-2)15(17)9-14/h3-9,18H,10-11H2,1-2H3. The van der Waals surface area contributed by atoms with Gasteiger partial charge in [0.05, 0.1) is 18.2 Å². The van der Waals surface area contributed by atoms with Crippen molar-refractivity contribution in [2.75, 3.05) is 19.5 Å². The molecule has 3 nitrogen and oxygen atoms in total. The average molecular weight is 336 g/mol. The smallest absolute Gasteiger partial charge is 0.133 e. The first-order valence-corrected chi connectivity index (χ1v) is 7.16. The van der Waals surface area contributed by atoms with Crippen molar-refractivity contribution in [1.82, 2.24) is 0 Å². The lowest BCUT2D eigenvalue weighted by molar-refractivity contribution is 0.185. The topological polar surface area (TPSA) is 30.5 Å². The zero-order chi connectivity index (χ0) is 14.4. The summed E-state index contributed by atoms with van der Waals surface area (Å²) in [6.45, 7) is 1.41. The molecule has 0 aliphatic heterocycles. The van der Waals surface area contributed by atoms with E-state index in [-0.39, 0.29) is 0 Å². The van der Waals surface area contributed by atoms with Crippen molar-refractivity contribution < 1.29 is 9.47 Å². The summed E-state index contributed by atoms with van der Waals surface area (Å²) in [5.74, 6) is 0.831. The lowest BCUT2D eigenvalue weighted by atomic mass is 10.1. The maximum Gasteiger partial charge on any atom is 0.133 e. The Labute approximate surface area is 128 Å². The minimum atomic E-state index is 0.641. The van der Waals surface area contributed by atoms with Crippen LogP contribution < -0.4 is 10.1 Å². The van der Waals surface area contributed by atoms with Gasteiger partial charge < -0.3 is 14.8 Å². The average Bonchev–Trinajstić information content (AvgIpc) is 2.46. The Kier molecular flexibility index (Phi) is 5.44. The first kappa shape index (κ1) is 14.9. The Morgan fingerprint density at radius 2 is 1.85 bits per heavy atom. The summed E-state index contributed by atoms with van der Waals surface area (Å²) in [6.07, 6.45) is 0. The Morgan fingerprint density at radius 3 is 2.55 bits per heavy atom. The first-order chi connectivity index (χ1) is 9.72. The van der Waals surface area contributed by atoms with Gasteiger partial charge in [-0.3, -0.25) is 0 Å². The van der Waals surface area contributed by atoms with Crippen LogP contribution in [0.15, 0.2) is 46.9 Å². The second-order valence-corrected chi connectivity index (χ2v) is 5.31. The van der Waals surface area contributed by atoms with E-state index in [0.29, 0.717) is 6.61 Å². The van der Waals surface area contributed by atoms with Crippen LogP contribution in [-0.4, -0.2) is 14.2 Å². The number of hydrogen-bond donors (Lipinski definition) is 1. The normalized spacial score (nSPS) is 10.3. The summed E-state index contributed by atoms with van der Waals surface area (Å²) in [5, 5.41) is 3.40. The number of methoxy groups -OCH3 is 2. The molecule has 2 aromatic carbocycles. The molecule has 4 heteroatoms. The molecule has 0 bridgehead atoms. The maximum absolute atomic E-state index is 5.22. The van der Waals surface area contributed by atoms with Crippen molar-refractivity contribution in [2.24, 2.45) is 0 Å². The summed E-state index contributed by atoms with van der Waals surface area (Å²) in [4.78, 5) is 0. The van der Waals surface area contributed by atoms with Crippen molar-refractivity contribution in [3.8, 4) is 5.75 Å². The van der Waals surface area contributed by atoms with Crippen molar-refractivity contribution in [3.63, 3.8) is 0 Å². The van der Waals surface area contributed by atoms with Gasteiger partial charge in [0.25, 0.3) is 0 Å². The third kappa shape index (κ3) is 3.99. The van der Waals surface area contributed by atoms with Gasteiger partial charge in [-0.15, -0.1) is 0 Å². The van der Waals surface area contributed by atoms with Crippen LogP contribution in [0.1, 0.15) is 11.1 Å². The molecule has 106 valence electrons. The third-order valence-electron chi connectivity index (χ3n) is 2.95. The van der Waals surface area contributed by atoms with Crippen LogP contribution >= 0.6 is 15.9 Å². The Morgan fingerprint density at radius 1 is 1.05 bits per heavy atom. The highest BCUT2D eigenvalue weighted by Gasteiger charge is 2.01. The van der Waals surface area contributed by atoms with E-state index >= 15 is 0 Å². The molecule has 0 heterocycles. The molecule has 0 aliphatic carbocycles. The predicted octanol–water partition coefficient (Wildman–Crippen LogP) is 4.22. The second-order valence-electron chi connectivity index (χ2n) is 4.46. The van der Waals surface area contributed by atoms with E-state index in [1.54, 1.807) is 14.2 Å². The summed E-state index contributed by atoms with van der Waals surface area (Å²) >= 11 is 3.48. The number of anilines is 1. The van der Waals surface area contributed by atoms with Gasteiger partial charge in [0.15, 0.2) is 0 Å². The van der Waals surface area contributed by atoms with Crippen LogP contribution in [0.25, 0.3) is 0 Å². The summed E-state index contributed by atoms with van der Waals surface area (Å²) in [7, 11) is 3.37. The molecule has 0 aromatic heterocycles. The van der Waals surface area contributed by atoms with Gasteiger partial charge in [-0.25, -0.2) is 0 Å². The molecule has 0 saturated carbocycles. The van der Waals surface area contributed by atoms with Crippen molar-refractivity contribution in [1.29, 1.82) is 0 Å². The lowest BCUT2D eigenvalue weighted by Crippen LogP contribution is -2.00. The number of halogens is 1. The maximum atomic E-state index is 5.22. The van der Waals surface area contributed by atoms with Gasteiger partial charge in [0, 0.05) is 19.3 Å². The summed E-state index contributed by atoms with van der Waals surface area (Å²) in [6, 6.07) is 14.3. The number of ether oxygens (including phenoxy) is 2. The van der Waals surface area contributed by atoms with E-state index in [1.165, 1.54) is 11.1 Å². The highest BCUT2D eigenvalue weighted by atomic mass is 79.9. The van der Waals surface area contributed by atoms with E-state index in [9.17, 15) is 0 Å². The molecule has 0 fully saturated rings. The van der Waals surface area contributed by atoms with Crippen molar-refractivity contribution in [3.05, 3.63) is 58.1 Å². The quantitative estimate of drug-likeness (QED) is 0.857. The second kappa shape index (κ2) is 7.31. The van der Waals surface area contributed by atoms with Crippen LogP contribution in [0.3, 0.4) is 0 Å². The van der Waals surface area contributed by atoms with E-state index in [2.05, 4.69) is 45.5 Å². The molecule has 2 rings (SSSR count). The van der Waals surface area contributed by atoms with E-state index < -0.39 is 0 Å². The lowest BCUT2D eigenvalue weighted by Gasteiger charge is -2.10. The number of hydrogen-bond acceptors (Lipinski definition) is 3. The van der Waals surface area contributed by atoms with Crippen LogP contribution in [0.2, 0.25) is 0 Å². The summed E-state index contributed by atoms with van der Waals surface area (Å²) in [5.41, 5.74) is 3.46. The van der Waals surface area contributed by atoms with Gasteiger partial charge in [-0.2, -0.15) is 0 Å². The van der Waals surface area contributed by atoms with Crippen LogP contribution in [0.5, 0.6) is 5.75 Å². The molecule has 0 atom stereocenters. The molecule has 0 unspecified atom stereocenters.